The van der Waals surface area contributed by atoms with Crippen molar-refractivity contribution in [2.45, 2.75) is 63.1 Å². The molecule has 2 saturated heterocycles. The highest BCUT2D eigenvalue weighted by atomic mass is 19.4. The highest BCUT2D eigenvalue weighted by molar-refractivity contribution is 6.10. The Kier molecular flexibility index (Phi) is 8.13. The van der Waals surface area contributed by atoms with Crippen molar-refractivity contribution in [3.05, 3.63) is 71.0 Å². The van der Waals surface area contributed by atoms with Crippen molar-refractivity contribution >= 4 is 23.6 Å². The number of hydrogen-bond donors (Lipinski definition) is 1. The number of carbonyl (C=O) groups excluding carboxylic acids is 4. The molecule has 42 heavy (non-hydrogen) atoms. The highest BCUT2D eigenvalue weighted by Crippen LogP contribution is 2.51. The number of benzene rings is 2. The molecule has 2 aliphatic heterocycles. The third-order valence-electron chi connectivity index (χ3n) is 9.17. The van der Waals surface area contributed by atoms with Crippen LogP contribution in [0.2, 0.25) is 0 Å². The van der Waals surface area contributed by atoms with Crippen molar-refractivity contribution in [3.8, 4) is 0 Å². The third kappa shape index (κ3) is 5.41. The Morgan fingerprint density at radius 3 is 2.24 bits per heavy atom. The predicted octanol–water partition coefficient (Wildman–Crippen LogP) is 4.91. The molecule has 0 bridgehead atoms. The number of alkyl halides is 3. The van der Waals surface area contributed by atoms with Crippen LogP contribution in [-0.2, 0) is 20.6 Å². The SMILES string of the molecule is CN1C(=O)C(c2ccccc2)C2(CCN(C(=O)[C@H](NC(=O)c3cc(C(F)(F)F)ccc3F)C3CCCCC3)CC2)C1=O. The minimum atomic E-state index is -4.77. The molecule has 7 nitrogen and oxygen atoms in total. The van der Waals surface area contributed by atoms with E-state index in [0.717, 1.165) is 29.7 Å². The number of rotatable bonds is 5. The second kappa shape index (κ2) is 11.5. The molecular weight excluding hydrogens is 554 g/mol. The van der Waals surface area contributed by atoms with E-state index in [0.29, 0.717) is 31.0 Å². The Labute approximate surface area is 241 Å². The molecule has 1 unspecified atom stereocenters. The van der Waals surface area contributed by atoms with Crippen molar-refractivity contribution in [1.82, 2.24) is 15.1 Å². The van der Waals surface area contributed by atoms with Gasteiger partial charge in [0, 0.05) is 20.1 Å². The van der Waals surface area contributed by atoms with E-state index in [4.69, 9.17) is 0 Å². The van der Waals surface area contributed by atoms with E-state index in [2.05, 4.69) is 5.32 Å². The van der Waals surface area contributed by atoms with Crippen LogP contribution in [0.15, 0.2) is 48.5 Å². The number of amides is 4. The Bertz CT molecular complexity index is 1370. The molecule has 2 heterocycles. The normalized spacial score (nSPS) is 22.0. The van der Waals surface area contributed by atoms with Gasteiger partial charge in [-0.2, -0.15) is 13.2 Å². The molecule has 0 aromatic heterocycles. The quantitative estimate of drug-likeness (QED) is 0.398. The number of nitrogens with zero attached hydrogens (tertiary/aromatic N) is 2. The molecule has 4 amide bonds. The van der Waals surface area contributed by atoms with Crippen molar-refractivity contribution in [3.63, 3.8) is 0 Å². The van der Waals surface area contributed by atoms with Crippen molar-refractivity contribution in [2.75, 3.05) is 20.1 Å². The van der Waals surface area contributed by atoms with Crippen LogP contribution in [0, 0.1) is 17.2 Å². The molecule has 224 valence electrons. The van der Waals surface area contributed by atoms with Gasteiger partial charge in [0.05, 0.1) is 22.5 Å². The fourth-order valence-corrected chi connectivity index (χ4v) is 6.86. The monoisotopic (exact) mass is 587 g/mol. The van der Waals surface area contributed by atoms with Crippen LogP contribution in [0.5, 0.6) is 0 Å². The predicted molar refractivity (Wildman–Crippen MR) is 144 cm³/mol. The molecule has 1 saturated carbocycles. The van der Waals surface area contributed by atoms with E-state index < -0.39 is 52.3 Å². The van der Waals surface area contributed by atoms with Gasteiger partial charge in [-0.15, -0.1) is 0 Å². The summed E-state index contributed by atoms with van der Waals surface area (Å²) in [5, 5.41) is 2.57. The molecule has 1 aliphatic carbocycles. The van der Waals surface area contributed by atoms with Gasteiger partial charge < -0.3 is 10.2 Å². The van der Waals surface area contributed by atoms with Crippen LogP contribution >= 0.6 is 0 Å². The second-order valence-corrected chi connectivity index (χ2v) is 11.6. The van der Waals surface area contributed by atoms with E-state index in [1.165, 1.54) is 7.05 Å². The number of carbonyl (C=O) groups is 4. The highest BCUT2D eigenvalue weighted by Gasteiger charge is 2.59. The van der Waals surface area contributed by atoms with E-state index >= 15 is 0 Å². The standard InChI is InChI=1S/C31H33F4N3O4/c1-37-27(40)24(19-8-4-2-5-9-19)30(29(37)42)14-16-38(17-15-30)28(41)25(20-10-6-3-7-11-20)36-26(39)22-18-21(31(33,34)35)12-13-23(22)32/h2,4-5,8-9,12-13,18,20,24-25H,3,6-7,10-11,14-17H2,1H3,(H,36,39)/t24?,25-/m1/s1. The van der Waals surface area contributed by atoms with Crippen LogP contribution in [0.3, 0.4) is 0 Å². The molecule has 1 spiro atoms. The average molecular weight is 588 g/mol. The number of nitrogens with one attached hydrogen (secondary N) is 1. The topological polar surface area (TPSA) is 86.8 Å². The lowest BCUT2D eigenvalue weighted by Gasteiger charge is -2.42. The Hall–Kier alpha value is -3.76. The lowest BCUT2D eigenvalue weighted by atomic mass is 9.67. The molecule has 3 fully saturated rings. The number of likely N-dealkylation sites (N-methyl/N-ethyl adjacent to an activating group) is 1. The summed E-state index contributed by atoms with van der Waals surface area (Å²) in [5.41, 5.74) is -2.21. The molecule has 0 radical (unpaired) electrons. The number of halogens is 4. The number of imide groups is 1. The first-order chi connectivity index (χ1) is 19.9. The van der Waals surface area contributed by atoms with Gasteiger partial charge in [-0.1, -0.05) is 49.6 Å². The molecule has 3 aliphatic rings. The largest absolute Gasteiger partial charge is 0.416 e. The molecule has 1 N–H and O–H groups in total. The minimum absolute atomic E-state index is 0.159. The van der Waals surface area contributed by atoms with Gasteiger partial charge in [-0.3, -0.25) is 24.1 Å². The molecular formula is C31H33F4N3O4. The number of hydrogen-bond acceptors (Lipinski definition) is 4. The van der Waals surface area contributed by atoms with Crippen LogP contribution in [0.25, 0.3) is 0 Å². The summed E-state index contributed by atoms with van der Waals surface area (Å²) in [6, 6.07) is 9.63. The Morgan fingerprint density at radius 1 is 0.976 bits per heavy atom. The maximum atomic E-state index is 14.5. The summed E-state index contributed by atoms with van der Waals surface area (Å²) in [5.74, 6) is -4.14. The molecule has 11 heteroatoms. The van der Waals surface area contributed by atoms with Gasteiger partial charge >= 0.3 is 6.18 Å². The zero-order valence-corrected chi connectivity index (χ0v) is 23.3. The van der Waals surface area contributed by atoms with Crippen LogP contribution in [-0.4, -0.2) is 59.6 Å². The van der Waals surface area contributed by atoms with E-state index in [1.807, 2.05) is 30.3 Å². The number of likely N-dealkylation sites (tertiary alicyclic amines) is 2. The maximum absolute atomic E-state index is 14.5. The number of piperidine rings is 1. The average Bonchev–Trinajstić information content (AvgIpc) is 3.16. The summed E-state index contributed by atoms with van der Waals surface area (Å²) >= 11 is 0. The van der Waals surface area contributed by atoms with E-state index in [-0.39, 0.29) is 43.7 Å². The fourth-order valence-electron chi connectivity index (χ4n) is 6.86. The zero-order valence-electron chi connectivity index (χ0n) is 23.3. The first-order valence-electron chi connectivity index (χ1n) is 14.3. The molecule has 2 atom stereocenters. The Morgan fingerprint density at radius 2 is 1.62 bits per heavy atom. The van der Waals surface area contributed by atoms with Gasteiger partial charge in [0.1, 0.15) is 11.9 Å². The third-order valence-corrected chi connectivity index (χ3v) is 9.17. The summed E-state index contributed by atoms with van der Waals surface area (Å²) < 4.78 is 54.3. The molecule has 5 rings (SSSR count). The van der Waals surface area contributed by atoms with Gasteiger partial charge in [0.25, 0.3) is 5.91 Å². The van der Waals surface area contributed by atoms with E-state index in [9.17, 15) is 36.7 Å². The van der Waals surface area contributed by atoms with Gasteiger partial charge in [0.15, 0.2) is 0 Å². The van der Waals surface area contributed by atoms with Crippen LogP contribution in [0.4, 0.5) is 17.6 Å². The minimum Gasteiger partial charge on any atom is -0.341 e. The first kappa shape index (κ1) is 29.7. The lowest BCUT2D eigenvalue weighted by molar-refractivity contribution is -0.145. The summed E-state index contributed by atoms with van der Waals surface area (Å²) in [6.07, 6.45) is -0.414. The molecule has 2 aromatic rings. The first-order valence-corrected chi connectivity index (χ1v) is 14.3. The van der Waals surface area contributed by atoms with Crippen molar-refractivity contribution < 1.29 is 36.7 Å². The van der Waals surface area contributed by atoms with E-state index in [1.54, 1.807) is 4.90 Å². The van der Waals surface area contributed by atoms with Crippen molar-refractivity contribution in [1.29, 1.82) is 0 Å². The second-order valence-electron chi connectivity index (χ2n) is 11.6. The Balaban J connectivity index is 1.37. The van der Waals surface area contributed by atoms with Gasteiger partial charge in [-0.25, -0.2) is 4.39 Å². The van der Waals surface area contributed by atoms with Crippen molar-refractivity contribution in [2.24, 2.45) is 11.3 Å². The van der Waals surface area contributed by atoms with Gasteiger partial charge in [0.2, 0.25) is 17.7 Å². The summed E-state index contributed by atoms with van der Waals surface area (Å²) in [6.45, 7) is 0.318. The van der Waals surface area contributed by atoms with Crippen LogP contribution < -0.4 is 5.32 Å². The fraction of sp³-hybridized carbons (Fsp3) is 0.484. The van der Waals surface area contributed by atoms with Crippen LogP contribution in [0.1, 0.15) is 72.3 Å². The maximum Gasteiger partial charge on any atom is 0.416 e. The lowest BCUT2D eigenvalue weighted by Crippen LogP contribution is -2.56. The smallest absolute Gasteiger partial charge is 0.341 e. The zero-order chi connectivity index (χ0) is 30.2. The molecule has 2 aromatic carbocycles. The van der Waals surface area contributed by atoms with Gasteiger partial charge in [-0.05, 0) is 55.4 Å². The summed E-state index contributed by atoms with van der Waals surface area (Å²) in [7, 11) is 1.47. The summed E-state index contributed by atoms with van der Waals surface area (Å²) in [4.78, 5) is 56.3.